The summed E-state index contributed by atoms with van der Waals surface area (Å²) < 4.78 is 18.8. The third kappa shape index (κ3) is 3.39. The fraction of sp³-hybridized carbons (Fsp3) is 0.455. The molecule has 0 bridgehead atoms. The van der Waals surface area contributed by atoms with Crippen LogP contribution in [0, 0.1) is 22.9 Å². The third-order valence-electron chi connectivity index (χ3n) is 2.10. The minimum absolute atomic E-state index is 0.0803. The van der Waals surface area contributed by atoms with E-state index in [1.165, 1.54) is 32.9 Å². The lowest BCUT2D eigenvalue weighted by Gasteiger charge is -2.18. The van der Waals surface area contributed by atoms with Crippen LogP contribution < -0.4 is 4.74 Å². The highest BCUT2D eigenvalue weighted by Crippen LogP contribution is 2.28. The lowest BCUT2D eigenvalue weighted by molar-refractivity contribution is -0.385. The molecular formula is C11H14FNO4. The van der Waals surface area contributed by atoms with Gasteiger partial charge >= 0.3 is 0 Å². The summed E-state index contributed by atoms with van der Waals surface area (Å²) in [7, 11) is 0. The summed E-state index contributed by atoms with van der Waals surface area (Å²) in [4.78, 5) is 9.91. The van der Waals surface area contributed by atoms with Crippen LogP contribution in [0.4, 0.5) is 10.1 Å². The van der Waals surface area contributed by atoms with E-state index >= 15 is 0 Å². The second-order valence-corrected chi connectivity index (χ2v) is 4.38. The Labute approximate surface area is 98.0 Å². The quantitative estimate of drug-likeness (QED) is 0.649. The van der Waals surface area contributed by atoms with E-state index in [1.54, 1.807) is 0 Å². The maximum Gasteiger partial charge on any atom is 0.275 e. The van der Waals surface area contributed by atoms with Gasteiger partial charge < -0.3 is 9.84 Å². The largest absolute Gasteiger partial charge is 0.488 e. The van der Waals surface area contributed by atoms with Crippen LogP contribution in [-0.2, 0) is 0 Å². The van der Waals surface area contributed by atoms with Crippen LogP contribution in [0.15, 0.2) is 12.1 Å². The lowest BCUT2D eigenvalue weighted by atomic mass is 10.1. The molecule has 94 valence electrons. The van der Waals surface area contributed by atoms with Gasteiger partial charge in [-0.15, -0.1) is 0 Å². The zero-order chi connectivity index (χ0) is 13.2. The fourth-order valence-corrected chi connectivity index (χ4v) is 1.21. The lowest BCUT2D eigenvalue weighted by Crippen LogP contribution is -2.28. The van der Waals surface area contributed by atoms with Crippen molar-refractivity contribution in [3.8, 4) is 5.75 Å². The Hall–Kier alpha value is -1.69. The van der Waals surface area contributed by atoms with Crippen molar-refractivity contribution in [1.29, 1.82) is 0 Å². The van der Waals surface area contributed by atoms with Gasteiger partial charge in [-0.05, 0) is 26.8 Å². The summed E-state index contributed by atoms with van der Waals surface area (Å²) in [5.74, 6) is -0.876. The molecule has 0 fully saturated rings. The van der Waals surface area contributed by atoms with E-state index in [0.717, 1.165) is 0 Å². The molecule has 17 heavy (non-hydrogen) atoms. The van der Waals surface area contributed by atoms with E-state index in [0.29, 0.717) is 0 Å². The van der Waals surface area contributed by atoms with Crippen molar-refractivity contribution < 1.29 is 19.2 Å². The van der Waals surface area contributed by atoms with Gasteiger partial charge in [0.05, 0.1) is 16.1 Å². The molecule has 0 spiro atoms. The molecule has 1 rings (SSSR count). The Morgan fingerprint density at radius 2 is 2.12 bits per heavy atom. The molecule has 0 heterocycles. The minimum atomic E-state index is -1.10. The maximum atomic E-state index is 13.7. The van der Waals surface area contributed by atoms with Crippen molar-refractivity contribution in [1.82, 2.24) is 0 Å². The summed E-state index contributed by atoms with van der Waals surface area (Å²) in [6.45, 7) is 4.25. The van der Waals surface area contributed by atoms with E-state index < -0.39 is 16.3 Å². The SMILES string of the molecule is Cc1c([N+](=O)[O-])ccc(OCC(C)(C)O)c1F. The molecule has 0 aliphatic carbocycles. The number of hydrogen-bond donors (Lipinski definition) is 1. The molecule has 1 aromatic carbocycles. The molecule has 0 aliphatic heterocycles. The predicted molar refractivity (Wildman–Crippen MR) is 59.6 cm³/mol. The minimum Gasteiger partial charge on any atom is -0.488 e. The number of nitrogens with zero attached hydrogens (tertiary/aromatic N) is 1. The van der Waals surface area contributed by atoms with Crippen LogP contribution in [0.25, 0.3) is 0 Å². The average Bonchev–Trinajstić information content (AvgIpc) is 2.18. The maximum absolute atomic E-state index is 13.7. The van der Waals surface area contributed by atoms with Gasteiger partial charge in [-0.2, -0.15) is 0 Å². The molecular weight excluding hydrogens is 229 g/mol. The second kappa shape index (κ2) is 4.67. The van der Waals surface area contributed by atoms with Gasteiger partial charge in [-0.25, -0.2) is 4.39 Å². The Kier molecular flexibility index (Phi) is 3.67. The van der Waals surface area contributed by atoms with E-state index in [4.69, 9.17) is 4.74 Å². The smallest absolute Gasteiger partial charge is 0.275 e. The average molecular weight is 243 g/mol. The van der Waals surface area contributed by atoms with E-state index in [-0.39, 0.29) is 23.6 Å². The summed E-state index contributed by atoms with van der Waals surface area (Å²) in [5.41, 5.74) is -1.47. The van der Waals surface area contributed by atoms with Crippen molar-refractivity contribution in [2.24, 2.45) is 0 Å². The molecule has 0 atom stereocenters. The zero-order valence-electron chi connectivity index (χ0n) is 9.86. The number of nitro benzene ring substituents is 1. The van der Waals surface area contributed by atoms with Crippen molar-refractivity contribution in [2.45, 2.75) is 26.4 Å². The highest BCUT2D eigenvalue weighted by atomic mass is 19.1. The number of halogens is 1. The molecule has 0 aromatic heterocycles. The summed E-state index contributed by atoms with van der Waals surface area (Å²) >= 11 is 0. The predicted octanol–water partition coefficient (Wildman–Crippen LogP) is 2.19. The van der Waals surface area contributed by atoms with Gasteiger partial charge in [0, 0.05) is 6.07 Å². The van der Waals surface area contributed by atoms with Gasteiger partial charge in [0.1, 0.15) is 6.61 Å². The van der Waals surface area contributed by atoms with Gasteiger partial charge in [-0.3, -0.25) is 10.1 Å². The topological polar surface area (TPSA) is 72.6 Å². The highest BCUT2D eigenvalue weighted by Gasteiger charge is 2.20. The van der Waals surface area contributed by atoms with E-state index in [1.807, 2.05) is 0 Å². The van der Waals surface area contributed by atoms with Gasteiger partial charge in [0.25, 0.3) is 5.69 Å². The molecule has 5 nitrogen and oxygen atoms in total. The molecule has 0 aliphatic rings. The van der Waals surface area contributed by atoms with Crippen LogP contribution in [0.1, 0.15) is 19.4 Å². The Balaban J connectivity index is 2.97. The highest BCUT2D eigenvalue weighted by molar-refractivity contribution is 5.45. The zero-order valence-corrected chi connectivity index (χ0v) is 9.86. The van der Waals surface area contributed by atoms with Crippen LogP contribution in [0.5, 0.6) is 5.75 Å². The third-order valence-corrected chi connectivity index (χ3v) is 2.10. The molecule has 0 saturated carbocycles. The van der Waals surface area contributed by atoms with Crippen LogP contribution in [-0.4, -0.2) is 22.2 Å². The first-order chi connectivity index (χ1) is 7.72. The molecule has 0 unspecified atom stereocenters. The number of aliphatic hydroxyl groups is 1. The number of ether oxygens (including phenoxy) is 1. The number of nitro groups is 1. The van der Waals surface area contributed by atoms with Gasteiger partial charge in [0.2, 0.25) is 0 Å². The fourth-order valence-electron chi connectivity index (χ4n) is 1.21. The van der Waals surface area contributed by atoms with Gasteiger partial charge in [-0.1, -0.05) is 0 Å². The van der Waals surface area contributed by atoms with E-state index in [2.05, 4.69) is 0 Å². The first-order valence-electron chi connectivity index (χ1n) is 5.01. The molecule has 6 heteroatoms. The monoisotopic (exact) mass is 243 g/mol. The van der Waals surface area contributed by atoms with E-state index in [9.17, 15) is 19.6 Å². The summed E-state index contributed by atoms with van der Waals surface area (Å²) in [6.07, 6.45) is 0. The van der Waals surface area contributed by atoms with Crippen molar-refractivity contribution in [3.63, 3.8) is 0 Å². The molecule has 1 aromatic rings. The molecule has 0 amide bonds. The normalized spacial score (nSPS) is 11.4. The number of hydrogen-bond acceptors (Lipinski definition) is 4. The second-order valence-electron chi connectivity index (χ2n) is 4.38. The standard InChI is InChI=1S/C11H14FNO4/c1-7-8(13(15)16)4-5-9(10(7)12)17-6-11(2,3)14/h4-5,14H,6H2,1-3H3. The van der Waals surface area contributed by atoms with Crippen LogP contribution >= 0.6 is 0 Å². The molecule has 1 N–H and O–H groups in total. The first kappa shape index (κ1) is 13.4. The molecule has 0 radical (unpaired) electrons. The van der Waals surface area contributed by atoms with Crippen LogP contribution in [0.3, 0.4) is 0 Å². The number of rotatable bonds is 4. The Morgan fingerprint density at radius 3 is 2.59 bits per heavy atom. The van der Waals surface area contributed by atoms with Crippen molar-refractivity contribution in [3.05, 3.63) is 33.6 Å². The Bertz CT molecular complexity index is 440. The first-order valence-corrected chi connectivity index (χ1v) is 5.01. The van der Waals surface area contributed by atoms with Crippen molar-refractivity contribution >= 4 is 5.69 Å². The molecule has 0 saturated heterocycles. The summed E-state index contributed by atoms with van der Waals surface area (Å²) in [5, 5.41) is 20.0. The van der Waals surface area contributed by atoms with Crippen molar-refractivity contribution in [2.75, 3.05) is 6.61 Å². The van der Waals surface area contributed by atoms with Crippen LogP contribution in [0.2, 0.25) is 0 Å². The summed E-state index contributed by atoms with van der Waals surface area (Å²) in [6, 6.07) is 2.37. The van der Waals surface area contributed by atoms with Gasteiger partial charge in [0.15, 0.2) is 11.6 Å². The Morgan fingerprint density at radius 1 is 1.53 bits per heavy atom. The number of benzene rings is 1.